The van der Waals surface area contributed by atoms with Crippen molar-refractivity contribution in [3.63, 3.8) is 0 Å². The summed E-state index contributed by atoms with van der Waals surface area (Å²) in [6, 6.07) is 0.597. The van der Waals surface area contributed by atoms with E-state index in [0.717, 1.165) is 25.9 Å². The molecule has 3 aliphatic heterocycles. The van der Waals surface area contributed by atoms with Crippen LogP contribution >= 0.6 is 0 Å². The van der Waals surface area contributed by atoms with Crippen LogP contribution in [0.4, 0.5) is 0 Å². The third-order valence-corrected chi connectivity index (χ3v) is 7.16. The van der Waals surface area contributed by atoms with Crippen LogP contribution in [0.25, 0.3) is 0 Å². The average molecular weight is 288 g/mol. The Labute approximate surface area is 115 Å². The van der Waals surface area contributed by atoms with Gasteiger partial charge in [0.15, 0.2) is 0 Å². The van der Waals surface area contributed by atoms with Crippen molar-refractivity contribution in [2.75, 3.05) is 32.8 Å². The van der Waals surface area contributed by atoms with Gasteiger partial charge in [0.1, 0.15) is 5.25 Å². The molecule has 3 saturated heterocycles. The molecule has 5 nitrogen and oxygen atoms in total. The summed E-state index contributed by atoms with van der Waals surface area (Å²) in [5.41, 5.74) is 0. The maximum atomic E-state index is 12.8. The third kappa shape index (κ3) is 2.44. The monoisotopic (exact) mass is 288 g/mol. The molecule has 0 bridgehead atoms. The van der Waals surface area contributed by atoms with Crippen molar-refractivity contribution < 1.29 is 13.2 Å². The molecule has 3 heterocycles. The number of ether oxygens (including phenoxy) is 1. The second-order valence-corrected chi connectivity index (χ2v) is 8.12. The van der Waals surface area contributed by atoms with Crippen LogP contribution in [0, 0.1) is 0 Å². The first kappa shape index (κ1) is 13.8. The molecule has 0 aromatic carbocycles. The van der Waals surface area contributed by atoms with Gasteiger partial charge in [-0.25, -0.2) is 8.42 Å². The van der Waals surface area contributed by atoms with Crippen LogP contribution in [0.3, 0.4) is 0 Å². The highest BCUT2D eigenvalue weighted by Crippen LogP contribution is 2.30. The highest BCUT2D eigenvalue weighted by atomic mass is 32.2. The Morgan fingerprint density at radius 3 is 2.79 bits per heavy atom. The standard InChI is InChI=1S/C13H24N2O3S/c1-2-11-8-14-6-3-4-12(14)9-15(11)19(16,17)13-5-7-18-10-13/h11-13H,2-10H2,1H3/t11-,12-,13-/m1/s1. The summed E-state index contributed by atoms with van der Waals surface area (Å²) in [6.45, 7) is 5.80. The van der Waals surface area contributed by atoms with Crippen molar-refractivity contribution in [1.82, 2.24) is 9.21 Å². The Balaban J connectivity index is 1.80. The van der Waals surface area contributed by atoms with Gasteiger partial charge in [0.05, 0.1) is 6.61 Å². The molecule has 3 fully saturated rings. The van der Waals surface area contributed by atoms with Crippen LogP contribution in [0.15, 0.2) is 0 Å². The lowest BCUT2D eigenvalue weighted by atomic mass is 10.1. The van der Waals surface area contributed by atoms with Gasteiger partial charge >= 0.3 is 0 Å². The minimum atomic E-state index is -3.18. The molecule has 0 N–H and O–H groups in total. The largest absolute Gasteiger partial charge is 0.380 e. The highest BCUT2D eigenvalue weighted by Gasteiger charge is 2.44. The van der Waals surface area contributed by atoms with E-state index in [4.69, 9.17) is 4.74 Å². The first-order valence-electron chi connectivity index (χ1n) is 7.45. The molecule has 0 amide bonds. The van der Waals surface area contributed by atoms with Crippen molar-refractivity contribution >= 4 is 10.0 Å². The van der Waals surface area contributed by atoms with E-state index < -0.39 is 10.0 Å². The number of fused-ring (bicyclic) bond motifs is 1. The van der Waals surface area contributed by atoms with E-state index in [1.165, 1.54) is 6.42 Å². The average Bonchev–Trinajstić information content (AvgIpc) is 3.07. The Bertz CT molecular complexity index is 420. The predicted molar refractivity (Wildman–Crippen MR) is 73.5 cm³/mol. The lowest BCUT2D eigenvalue weighted by Crippen LogP contribution is -2.59. The van der Waals surface area contributed by atoms with Gasteiger partial charge in [0, 0.05) is 31.8 Å². The van der Waals surface area contributed by atoms with E-state index in [0.29, 0.717) is 32.2 Å². The van der Waals surface area contributed by atoms with Gasteiger partial charge in [-0.3, -0.25) is 4.90 Å². The fraction of sp³-hybridized carbons (Fsp3) is 1.00. The molecule has 0 radical (unpaired) electrons. The van der Waals surface area contributed by atoms with Crippen molar-refractivity contribution in [2.24, 2.45) is 0 Å². The minimum Gasteiger partial charge on any atom is -0.380 e. The molecular formula is C13H24N2O3S. The fourth-order valence-corrected chi connectivity index (χ4v) is 5.70. The molecule has 3 atom stereocenters. The van der Waals surface area contributed by atoms with Gasteiger partial charge in [0.25, 0.3) is 0 Å². The van der Waals surface area contributed by atoms with Crippen LogP contribution < -0.4 is 0 Å². The van der Waals surface area contributed by atoms with Crippen LogP contribution in [-0.4, -0.2) is 67.8 Å². The number of sulfonamides is 1. The maximum Gasteiger partial charge on any atom is 0.219 e. The molecule has 0 aromatic rings. The minimum absolute atomic E-state index is 0.153. The molecule has 0 spiro atoms. The van der Waals surface area contributed by atoms with E-state index in [-0.39, 0.29) is 11.3 Å². The van der Waals surface area contributed by atoms with E-state index in [9.17, 15) is 8.42 Å². The molecular weight excluding hydrogens is 264 g/mol. The SMILES string of the molecule is CC[C@@H]1CN2CCC[C@@H]2CN1S(=O)(=O)[C@@H]1CCOC1. The lowest BCUT2D eigenvalue weighted by molar-refractivity contribution is 0.105. The topological polar surface area (TPSA) is 49.9 Å². The van der Waals surface area contributed by atoms with Crippen molar-refractivity contribution in [3.8, 4) is 0 Å². The molecule has 110 valence electrons. The van der Waals surface area contributed by atoms with Crippen molar-refractivity contribution in [1.29, 1.82) is 0 Å². The summed E-state index contributed by atoms with van der Waals surface area (Å²) < 4.78 is 32.6. The van der Waals surface area contributed by atoms with Crippen LogP contribution in [-0.2, 0) is 14.8 Å². The van der Waals surface area contributed by atoms with E-state index >= 15 is 0 Å². The van der Waals surface area contributed by atoms with E-state index in [1.54, 1.807) is 4.31 Å². The third-order valence-electron chi connectivity index (χ3n) is 4.85. The van der Waals surface area contributed by atoms with Crippen LogP contribution in [0.2, 0.25) is 0 Å². The molecule has 3 rings (SSSR count). The van der Waals surface area contributed by atoms with Gasteiger partial charge in [-0.05, 0) is 32.2 Å². The lowest BCUT2D eigenvalue weighted by Gasteiger charge is -2.43. The Morgan fingerprint density at radius 1 is 1.26 bits per heavy atom. The summed E-state index contributed by atoms with van der Waals surface area (Å²) in [7, 11) is -3.18. The fourth-order valence-electron chi connectivity index (χ4n) is 3.64. The first-order valence-corrected chi connectivity index (χ1v) is 8.95. The maximum absolute atomic E-state index is 12.8. The normalized spacial score (nSPS) is 37.6. The number of piperazine rings is 1. The zero-order chi connectivity index (χ0) is 13.5. The van der Waals surface area contributed by atoms with Gasteiger partial charge in [-0.15, -0.1) is 0 Å². The molecule has 19 heavy (non-hydrogen) atoms. The van der Waals surface area contributed by atoms with Crippen LogP contribution in [0.1, 0.15) is 32.6 Å². The van der Waals surface area contributed by atoms with Gasteiger partial charge < -0.3 is 4.74 Å². The molecule has 3 aliphatic rings. The quantitative estimate of drug-likeness (QED) is 0.766. The Hall–Kier alpha value is -0.170. The second-order valence-electron chi connectivity index (χ2n) is 5.95. The Kier molecular flexibility index (Phi) is 3.86. The molecule has 0 aliphatic carbocycles. The number of hydrogen-bond donors (Lipinski definition) is 0. The van der Waals surface area contributed by atoms with Gasteiger partial charge in [-0.1, -0.05) is 6.92 Å². The molecule has 0 unspecified atom stereocenters. The summed E-state index contributed by atoms with van der Waals surface area (Å²) in [5, 5.41) is -0.311. The van der Waals surface area contributed by atoms with Gasteiger partial charge in [-0.2, -0.15) is 4.31 Å². The smallest absolute Gasteiger partial charge is 0.219 e. The summed E-state index contributed by atoms with van der Waals surface area (Å²) in [5.74, 6) is 0. The highest BCUT2D eigenvalue weighted by molar-refractivity contribution is 7.89. The van der Waals surface area contributed by atoms with E-state index in [2.05, 4.69) is 11.8 Å². The summed E-state index contributed by atoms with van der Waals surface area (Å²) in [6.07, 6.45) is 3.91. The Morgan fingerprint density at radius 2 is 2.11 bits per heavy atom. The molecule has 0 aromatic heterocycles. The zero-order valence-corrected chi connectivity index (χ0v) is 12.4. The molecule has 6 heteroatoms. The van der Waals surface area contributed by atoms with Crippen LogP contribution in [0.5, 0.6) is 0 Å². The number of hydrogen-bond acceptors (Lipinski definition) is 4. The zero-order valence-electron chi connectivity index (χ0n) is 11.6. The van der Waals surface area contributed by atoms with Gasteiger partial charge in [0.2, 0.25) is 10.0 Å². The second kappa shape index (κ2) is 5.31. The summed E-state index contributed by atoms with van der Waals surface area (Å²) in [4.78, 5) is 2.48. The molecule has 0 saturated carbocycles. The van der Waals surface area contributed by atoms with E-state index in [1.807, 2.05) is 0 Å². The summed E-state index contributed by atoms with van der Waals surface area (Å²) >= 11 is 0. The predicted octanol–water partition coefficient (Wildman–Crippen LogP) is 0.664. The number of rotatable bonds is 3. The van der Waals surface area contributed by atoms with Crippen molar-refractivity contribution in [3.05, 3.63) is 0 Å². The van der Waals surface area contributed by atoms with Crippen molar-refractivity contribution in [2.45, 2.75) is 49.9 Å². The number of nitrogens with zero attached hydrogens (tertiary/aromatic N) is 2. The first-order chi connectivity index (χ1) is 9.13.